The summed E-state index contributed by atoms with van der Waals surface area (Å²) in [5, 5.41) is 0. The Bertz CT molecular complexity index is 338. The molecule has 0 saturated carbocycles. The van der Waals surface area contributed by atoms with E-state index in [0.29, 0.717) is 6.04 Å². The molecule has 3 heteroatoms. The number of aromatic nitrogens is 2. The van der Waals surface area contributed by atoms with E-state index in [9.17, 15) is 0 Å². The highest BCUT2D eigenvalue weighted by Gasteiger charge is 2.09. The molecule has 0 aromatic carbocycles. The maximum atomic E-state index is 5.30. The lowest BCUT2D eigenvalue weighted by Crippen LogP contribution is -2.08. The molecular weight excluding hydrogens is 204 g/mol. The van der Waals surface area contributed by atoms with Crippen LogP contribution in [0, 0.1) is 4.77 Å². The molecule has 86 valence electrons. The molecule has 0 aliphatic heterocycles. The highest BCUT2D eigenvalue weighted by molar-refractivity contribution is 7.71. The van der Waals surface area contributed by atoms with Crippen LogP contribution in [0.3, 0.4) is 0 Å². The molecule has 0 saturated heterocycles. The second-order valence-corrected chi connectivity index (χ2v) is 4.54. The summed E-state index contributed by atoms with van der Waals surface area (Å²) in [7, 11) is 0. The molecule has 0 bridgehead atoms. The van der Waals surface area contributed by atoms with Gasteiger partial charge in [0.1, 0.15) is 0 Å². The van der Waals surface area contributed by atoms with Crippen molar-refractivity contribution in [1.29, 1.82) is 0 Å². The van der Waals surface area contributed by atoms with E-state index in [1.807, 2.05) is 6.20 Å². The third-order valence-corrected chi connectivity index (χ3v) is 3.23. The van der Waals surface area contributed by atoms with Crippen LogP contribution in [0.4, 0.5) is 0 Å². The van der Waals surface area contributed by atoms with E-state index >= 15 is 0 Å². The van der Waals surface area contributed by atoms with Crippen LogP contribution in [0.25, 0.3) is 0 Å². The molecular formula is C12H22N2S. The molecule has 0 amide bonds. The Morgan fingerprint density at radius 2 is 2.13 bits per heavy atom. The number of aromatic amines is 1. The van der Waals surface area contributed by atoms with Gasteiger partial charge in [0.2, 0.25) is 0 Å². The zero-order chi connectivity index (χ0) is 11.3. The Morgan fingerprint density at radius 3 is 2.73 bits per heavy atom. The van der Waals surface area contributed by atoms with Crippen molar-refractivity contribution in [3.8, 4) is 0 Å². The predicted molar refractivity (Wildman–Crippen MR) is 67.8 cm³/mol. The molecule has 1 rings (SSSR count). The summed E-state index contributed by atoms with van der Waals surface area (Å²) < 4.78 is 3.14. The Hall–Kier alpha value is -0.570. The van der Waals surface area contributed by atoms with Gasteiger partial charge in [-0.05, 0) is 32.0 Å². The molecule has 0 spiro atoms. The average Bonchev–Trinajstić information content (AvgIpc) is 2.59. The quantitative estimate of drug-likeness (QED) is 0.568. The summed E-state index contributed by atoms with van der Waals surface area (Å²) in [6, 6.07) is 0.533. The van der Waals surface area contributed by atoms with Crippen molar-refractivity contribution in [3.63, 3.8) is 0 Å². The van der Waals surface area contributed by atoms with E-state index in [2.05, 4.69) is 30.3 Å². The van der Waals surface area contributed by atoms with E-state index in [4.69, 9.17) is 12.2 Å². The van der Waals surface area contributed by atoms with Gasteiger partial charge in [0.25, 0.3) is 0 Å². The third-order valence-electron chi connectivity index (χ3n) is 2.92. The van der Waals surface area contributed by atoms with Gasteiger partial charge in [0.15, 0.2) is 4.77 Å². The van der Waals surface area contributed by atoms with Crippen LogP contribution in [0.1, 0.15) is 58.2 Å². The molecule has 1 unspecified atom stereocenters. The number of unbranched alkanes of at least 4 members (excludes halogenated alkanes) is 2. The fraction of sp³-hybridized carbons (Fsp3) is 0.750. The molecule has 1 atom stereocenters. The number of aryl methyl sites for hydroxylation is 1. The van der Waals surface area contributed by atoms with Gasteiger partial charge in [-0.2, -0.15) is 0 Å². The lowest BCUT2D eigenvalue weighted by Gasteiger charge is -2.15. The summed E-state index contributed by atoms with van der Waals surface area (Å²) in [5.74, 6) is 0. The van der Waals surface area contributed by atoms with E-state index in [1.54, 1.807) is 0 Å². The largest absolute Gasteiger partial charge is 0.337 e. The van der Waals surface area contributed by atoms with Crippen LogP contribution in [-0.2, 0) is 6.42 Å². The zero-order valence-corrected chi connectivity index (χ0v) is 10.9. The lowest BCUT2D eigenvalue weighted by molar-refractivity contribution is 0.462. The number of hydrogen-bond donors (Lipinski definition) is 1. The molecule has 1 heterocycles. The molecule has 0 aliphatic rings. The molecule has 0 fully saturated rings. The molecule has 1 aromatic rings. The number of imidazole rings is 1. The van der Waals surface area contributed by atoms with Gasteiger partial charge in [-0.3, -0.25) is 0 Å². The summed E-state index contributed by atoms with van der Waals surface area (Å²) in [5.41, 5.74) is 1.32. The minimum Gasteiger partial charge on any atom is -0.337 e. The van der Waals surface area contributed by atoms with Gasteiger partial charge < -0.3 is 9.55 Å². The van der Waals surface area contributed by atoms with Crippen molar-refractivity contribution in [1.82, 2.24) is 9.55 Å². The first-order chi connectivity index (χ1) is 7.20. The first kappa shape index (κ1) is 12.5. The SMILES string of the molecule is CCCCCC(C)n1c(CC)c[nH]c1=S. The maximum Gasteiger partial charge on any atom is 0.177 e. The number of H-pyrrole nitrogens is 1. The van der Waals surface area contributed by atoms with Crippen molar-refractivity contribution in [2.45, 2.75) is 58.9 Å². The van der Waals surface area contributed by atoms with Crippen LogP contribution in [-0.4, -0.2) is 9.55 Å². The molecule has 0 aliphatic carbocycles. The Morgan fingerprint density at radius 1 is 1.40 bits per heavy atom. The van der Waals surface area contributed by atoms with Crippen LogP contribution in [0.2, 0.25) is 0 Å². The van der Waals surface area contributed by atoms with Gasteiger partial charge in [-0.15, -0.1) is 0 Å². The molecule has 15 heavy (non-hydrogen) atoms. The number of nitrogens with one attached hydrogen (secondary N) is 1. The highest BCUT2D eigenvalue weighted by Crippen LogP contribution is 2.18. The summed E-state index contributed by atoms with van der Waals surface area (Å²) in [6.45, 7) is 6.68. The van der Waals surface area contributed by atoms with Gasteiger partial charge >= 0.3 is 0 Å². The van der Waals surface area contributed by atoms with Gasteiger partial charge in [0, 0.05) is 17.9 Å². The van der Waals surface area contributed by atoms with Crippen molar-refractivity contribution in [2.75, 3.05) is 0 Å². The topological polar surface area (TPSA) is 20.7 Å². The van der Waals surface area contributed by atoms with Crippen molar-refractivity contribution in [3.05, 3.63) is 16.7 Å². The van der Waals surface area contributed by atoms with Gasteiger partial charge in [0.05, 0.1) is 0 Å². The highest BCUT2D eigenvalue weighted by atomic mass is 32.1. The fourth-order valence-electron chi connectivity index (χ4n) is 1.99. The molecule has 1 aromatic heterocycles. The fourth-order valence-corrected chi connectivity index (χ4v) is 2.35. The second kappa shape index (κ2) is 6.11. The number of nitrogens with zero attached hydrogens (tertiary/aromatic N) is 1. The minimum absolute atomic E-state index is 0.533. The van der Waals surface area contributed by atoms with Gasteiger partial charge in [-0.1, -0.05) is 33.1 Å². The predicted octanol–water partition coefficient (Wildman–Crippen LogP) is 4.25. The van der Waals surface area contributed by atoms with Crippen molar-refractivity contribution >= 4 is 12.2 Å². The smallest absolute Gasteiger partial charge is 0.177 e. The maximum absolute atomic E-state index is 5.30. The van der Waals surface area contributed by atoms with Crippen LogP contribution < -0.4 is 0 Å². The van der Waals surface area contributed by atoms with Crippen LogP contribution in [0.15, 0.2) is 6.20 Å². The monoisotopic (exact) mass is 226 g/mol. The normalized spacial score (nSPS) is 13.0. The second-order valence-electron chi connectivity index (χ2n) is 4.15. The van der Waals surface area contributed by atoms with Crippen molar-refractivity contribution < 1.29 is 0 Å². The summed E-state index contributed by atoms with van der Waals surface area (Å²) >= 11 is 5.30. The zero-order valence-electron chi connectivity index (χ0n) is 10.0. The molecule has 2 nitrogen and oxygen atoms in total. The Balaban J connectivity index is 2.67. The summed E-state index contributed by atoms with van der Waals surface area (Å²) in [4.78, 5) is 3.14. The van der Waals surface area contributed by atoms with Gasteiger partial charge in [-0.25, -0.2) is 0 Å². The van der Waals surface area contributed by atoms with E-state index in [0.717, 1.165) is 11.2 Å². The Kier molecular flexibility index (Phi) is 5.09. The molecule has 1 N–H and O–H groups in total. The van der Waals surface area contributed by atoms with Crippen molar-refractivity contribution in [2.24, 2.45) is 0 Å². The van der Waals surface area contributed by atoms with E-state index in [1.165, 1.54) is 31.4 Å². The Labute approximate surface area is 97.7 Å². The molecule has 0 radical (unpaired) electrons. The third kappa shape index (κ3) is 3.20. The minimum atomic E-state index is 0.533. The average molecular weight is 226 g/mol. The van der Waals surface area contributed by atoms with E-state index in [-0.39, 0.29) is 0 Å². The van der Waals surface area contributed by atoms with E-state index < -0.39 is 0 Å². The summed E-state index contributed by atoms with van der Waals surface area (Å²) in [6.07, 6.45) is 8.22. The van der Waals surface area contributed by atoms with Crippen LogP contribution >= 0.6 is 12.2 Å². The first-order valence-electron chi connectivity index (χ1n) is 5.99. The van der Waals surface area contributed by atoms with Crippen LogP contribution in [0.5, 0.6) is 0 Å². The first-order valence-corrected chi connectivity index (χ1v) is 6.40. The lowest BCUT2D eigenvalue weighted by atomic mass is 10.1. The number of rotatable bonds is 6. The standard InChI is InChI=1S/C12H22N2S/c1-4-6-7-8-10(3)14-11(5-2)9-13-12(14)15/h9-10H,4-8H2,1-3H3,(H,13,15). The number of hydrogen-bond acceptors (Lipinski definition) is 1.